The zero-order valence-electron chi connectivity index (χ0n) is 8.64. The van der Waals surface area contributed by atoms with Crippen LogP contribution < -0.4 is 5.32 Å². The van der Waals surface area contributed by atoms with E-state index >= 15 is 0 Å². The summed E-state index contributed by atoms with van der Waals surface area (Å²) in [6.07, 6.45) is 2.40. The van der Waals surface area contributed by atoms with Crippen LogP contribution in [0.5, 0.6) is 0 Å². The molecule has 0 radical (unpaired) electrons. The van der Waals surface area contributed by atoms with Crippen molar-refractivity contribution in [1.29, 1.82) is 0 Å². The van der Waals surface area contributed by atoms with E-state index in [1.54, 1.807) is 24.3 Å². The van der Waals surface area contributed by atoms with Crippen molar-refractivity contribution in [3.05, 3.63) is 52.2 Å². The SMILES string of the molecule is CCCN/C=C(/c1ccccc1)[N+](=O)[O-]. The van der Waals surface area contributed by atoms with E-state index in [1.807, 2.05) is 13.0 Å². The fourth-order valence-electron chi connectivity index (χ4n) is 1.16. The maximum atomic E-state index is 10.8. The summed E-state index contributed by atoms with van der Waals surface area (Å²) in [6.45, 7) is 2.75. The maximum absolute atomic E-state index is 10.8. The highest BCUT2D eigenvalue weighted by atomic mass is 16.6. The third kappa shape index (κ3) is 3.42. The molecule has 0 saturated heterocycles. The summed E-state index contributed by atoms with van der Waals surface area (Å²) in [5.41, 5.74) is 0.718. The van der Waals surface area contributed by atoms with Crippen molar-refractivity contribution < 1.29 is 4.92 Å². The van der Waals surface area contributed by atoms with Crippen LogP contribution in [-0.4, -0.2) is 11.5 Å². The second kappa shape index (κ2) is 5.80. The molecule has 80 valence electrons. The van der Waals surface area contributed by atoms with E-state index in [4.69, 9.17) is 0 Å². The van der Waals surface area contributed by atoms with Crippen LogP contribution >= 0.6 is 0 Å². The molecule has 4 nitrogen and oxygen atoms in total. The highest BCUT2D eigenvalue weighted by molar-refractivity contribution is 5.57. The molecule has 4 heteroatoms. The lowest BCUT2D eigenvalue weighted by molar-refractivity contribution is -0.375. The monoisotopic (exact) mass is 206 g/mol. The van der Waals surface area contributed by atoms with Gasteiger partial charge < -0.3 is 5.32 Å². The normalized spacial score (nSPS) is 11.1. The minimum atomic E-state index is -0.377. The first-order valence-corrected chi connectivity index (χ1v) is 4.89. The van der Waals surface area contributed by atoms with Crippen molar-refractivity contribution >= 4 is 5.70 Å². The largest absolute Gasteiger partial charge is 0.385 e. The number of hydrogen-bond acceptors (Lipinski definition) is 3. The number of hydrogen-bond donors (Lipinski definition) is 1. The van der Waals surface area contributed by atoms with Gasteiger partial charge in [-0.25, -0.2) is 0 Å². The summed E-state index contributed by atoms with van der Waals surface area (Å²) in [5.74, 6) is 0. The van der Waals surface area contributed by atoms with Gasteiger partial charge in [-0.3, -0.25) is 10.1 Å². The zero-order chi connectivity index (χ0) is 11.1. The van der Waals surface area contributed by atoms with E-state index in [0.29, 0.717) is 5.56 Å². The molecule has 0 saturated carbocycles. The third-order valence-corrected chi connectivity index (χ3v) is 1.90. The highest BCUT2D eigenvalue weighted by Crippen LogP contribution is 2.12. The van der Waals surface area contributed by atoms with Crippen molar-refractivity contribution in [2.24, 2.45) is 0 Å². The minimum absolute atomic E-state index is 0.101. The average Bonchev–Trinajstić information content (AvgIpc) is 2.25. The van der Waals surface area contributed by atoms with Gasteiger partial charge in [0.1, 0.15) is 0 Å². The standard InChI is InChI=1S/C11H14N2O2/c1-2-8-12-9-11(13(14)15)10-6-4-3-5-7-10/h3-7,9,12H,2,8H2,1H3/b11-9-. The second-order valence-electron chi connectivity index (χ2n) is 3.11. The fraction of sp³-hybridized carbons (Fsp3) is 0.273. The lowest BCUT2D eigenvalue weighted by atomic mass is 10.2. The van der Waals surface area contributed by atoms with Crippen LogP contribution in [0.15, 0.2) is 36.5 Å². The smallest absolute Gasteiger partial charge is 0.292 e. The quantitative estimate of drug-likeness (QED) is 0.456. The van der Waals surface area contributed by atoms with Crippen LogP contribution in [0.25, 0.3) is 5.70 Å². The summed E-state index contributed by atoms with van der Waals surface area (Å²) in [4.78, 5) is 10.4. The summed E-state index contributed by atoms with van der Waals surface area (Å²) in [6, 6.07) is 8.85. The lowest BCUT2D eigenvalue weighted by Crippen LogP contribution is -2.09. The molecule has 1 rings (SSSR count). The molecule has 0 heterocycles. The van der Waals surface area contributed by atoms with Crippen molar-refractivity contribution in [2.45, 2.75) is 13.3 Å². The number of benzene rings is 1. The summed E-state index contributed by atoms with van der Waals surface area (Å²) in [7, 11) is 0. The van der Waals surface area contributed by atoms with Gasteiger partial charge in [-0.15, -0.1) is 0 Å². The molecule has 1 N–H and O–H groups in total. The van der Waals surface area contributed by atoms with E-state index in [9.17, 15) is 10.1 Å². The molecule has 1 aromatic rings. The van der Waals surface area contributed by atoms with Crippen molar-refractivity contribution in [3.63, 3.8) is 0 Å². The molecule has 0 aromatic heterocycles. The molecule has 0 aliphatic heterocycles. The molecule has 0 aliphatic carbocycles. The molecular weight excluding hydrogens is 192 g/mol. The van der Waals surface area contributed by atoms with Crippen LogP contribution in [0, 0.1) is 10.1 Å². The van der Waals surface area contributed by atoms with Gasteiger partial charge in [0.2, 0.25) is 0 Å². The molecule has 0 atom stereocenters. The van der Waals surface area contributed by atoms with Crippen LogP contribution in [0.1, 0.15) is 18.9 Å². The molecule has 0 amide bonds. The Morgan fingerprint density at radius 3 is 2.67 bits per heavy atom. The van der Waals surface area contributed by atoms with Gasteiger partial charge in [-0.05, 0) is 18.6 Å². The Balaban J connectivity index is 2.84. The Labute approximate surface area is 88.8 Å². The third-order valence-electron chi connectivity index (χ3n) is 1.90. The van der Waals surface area contributed by atoms with Gasteiger partial charge in [0.15, 0.2) is 0 Å². The predicted molar refractivity (Wildman–Crippen MR) is 59.7 cm³/mol. The Morgan fingerprint density at radius 1 is 1.47 bits per heavy atom. The zero-order valence-corrected chi connectivity index (χ0v) is 8.64. The highest BCUT2D eigenvalue weighted by Gasteiger charge is 2.12. The molecule has 0 spiro atoms. The topological polar surface area (TPSA) is 55.2 Å². The number of rotatable bonds is 5. The van der Waals surface area contributed by atoms with Crippen LogP contribution in [0.3, 0.4) is 0 Å². The Kier molecular flexibility index (Phi) is 4.34. The molecule has 1 aromatic carbocycles. The Bertz CT molecular complexity index is 347. The Morgan fingerprint density at radius 2 is 2.13 bits per heavy atom. The molecule has 0 unspecified atom stereocenters. The van der Waals surface area contributed by atoms with Gasteiger partial charge in [-0.1, -0.05) is 25.1 Å². The summed E-state index contributed by atoms with van der Waals surface area (Å²) < 4.78 is 0. The van der Waals surface area contributed by atoms with Crippen LogP contribution in [0.2, 0.25) is 0 Å². The first kappa shape index (κ1) is 11.2. The van der Waals surface area contributed by atoms with Crippen molar-refractivity contribution in [1.82, 2.24) is 5.32 Å². The van der Waals surface area contributed by atoms with Crippen molar-refractivity contribution in [3.8, 4) is 0 Å². The van der Waals surface area contributed by atoms with E-state index in [-0.39, 0.29) is 10.6 Å². The van der Waals surface area contributed by atoms with E-state index in [0.717, 1.165) is 13.0 Å². The molecular formula is C11H14N2O2. The van der Waals surface area contributed by atoms with Crippen LogP contribution in [0.4, 0.5) is 0 Å². The number of nitrogens with one attached hydrogen (secondary N) is 1. The van der Waals surface area contributed by atoms with Gasteiger partial charge in [0, 0.05) is 6.54 Å². The van der Waals surface area contributed by atoms with Gasteiger partial charge >= 0.3 is 0 Å². The summed E-state index contributed by atoms with van der Waals surface area (Å²) >= 11 is 0. The molecule has 0 aliphatic rings. The lowest BCUT2D eigenvalue weighted by Gasteiger charge is -2.00. The first-order chi connectivity index (χ1) is 7.25. The minimum Gasteiger partial charge on any atom is -0.385 e. The van der Waals surface area contributed by atoms with Gasteiger partial charge in [0.25, 0.3) is 5.70 Å². The Hall–Kier alpha value is -1.84. The molecule has 15 heavy (non-hydrogen) atoms. The average molecular weight is 206 g/mol. The van der Waals surface area contributed by atoms with E-state index in [2.05, 4.69) is 5.32 Å². The molecule has 0 fully saturated rings. The number of nitro groups is 1. The fourth-order valence-corrected chi connectivity index (χ4v) is 1.16. The molecule has 0 bridgehead atoms. The summed E-state index contributed by atoms with van der Waals surface area (Å²) in [5, 5.41) is 13.7. The van der Waals surface area contributed by atoms with Gasteiger partial charge in [-0.2, -0.15) is 0 Å². The second-order valence-corrected chi connectivity index (χ2v) is 3.11. The predicted octanol–water partition coefficient (Wildman–Crippen LogP) is 2.26. The first-order valence-electron chi connectivity index (χ1n) is 4.89. The number of nitrogens with zero attached hydrogens (tertiary/aromatic N) is 1. The van der Waals surface area contributed by atoms with Gasteiger partial charge in [0.05, 0.1) is 16.7 Å². The van der Waals surface area contributed by atoms with Crippen molar-refractivity contribution in [2.75, 3.05) is 6.54 Å². The van der Waals surface area contributed by atoms with E-state index in [1.165, 1.54) is 6.20 Å². The maximum Gasteiger partial charge on any atom is 0.292 e. The van der Waals surface area contributed by atoms with Crippen LogP contribution in [-0.2, 0) is 0 Å². The van der Waals surface area contributed by atoms with E-state index < -0.39 is 0 Å².